The molecule has 2 aliphatic rings. The van der Waals surface area contributed by atoms with Crippen LogP contribution in [0.15, 0.2) is 97.3 Å². The second kappa shape index (κ2) is 17.0. The third-order valence-corrected chi connectivity index (χ3v) is 12.3. The second-order valence-electron chi connectivity index (χ2n) is 15.5. The van der Waals surface area contributed by atoms with Crippen LogP contribution < -0.4 is 0 Å². The quantitative estimate of drug-likeness (QED) is 0.161. The molecule has 6 heteroatoms. The summed E-state index contributed by atoms with van der Waals surface area (Å²) in [6.45, 7) is 11.4. The minimum atomic E-state index is -0.135. The van der Waals surface area contributed by atoms with E-state index in [1.807, 2.05) is 85.2 Å². The van der Waals surface area contributed by atoms with E-state index in [9.17, 15) is 15.3 Å². The summed E-state index contributed by atoms with van der Waals surface area (Å²) in [4.78, 5) is 23.1. The number of benzene rings is 2. The zero-order valence-electron chi connectivity index (χ0n) is 31.5. The number of rotatable bonds is 9. The first kappa shape index (κ1) is 37.4. The van der Waals surface area contributed by atoms with E-state index in [2.05, 4.69) is 71.1 Å². The molecule has 2 unspecified atom stereocenters. The largest absolute Gasteiger partial charge is 0.462 e. The maximum absolute atomic E-state index is 13.7. The number of ether oxygens (including phenoxy) is 1. The van der Waals surface area contributed by atoms with Gasteiger partial charge in [0.1, 0.15) is 6.10 Å². The Morgan fingerprint density at radius 2 is 1.23 bits per heavy atom. The number of carbonyl (C=O) groups excluding carboxylic acids is 1. The summed E-state index contributed by atoms with van der Waals surface area (Å²) in [7, 11) is 0. The van der Waals surface area contributed by atoms with E-state index in [4.69, 9.17) is 14.7 Å². The number of aromatic nitrogens is 2. The Labute approximate surface area is 315 Å². The molecule has 2 heterocycles. The Morgan fingerprint density at radius 1 is 0.698 bits per heavy atom. The normalized spacial score (nSPS) is 27.3. The Balaban J connectivity index is 1.10. The number of carbonyl (C=O) groups is 1. The third kappa shape index (κ3) is 8.66. The molecule has 0 bridgehead atoms. The van der Waals surface area contributed by atoms with Gasteiger partial charge in [-0.05, 0) is 96.6 Å². The lowest BCUT2D eigenvalue weighted by atomic mass is 9.66. The van der Waals surface area contributed by atoms with Crippen molar-refractivity contribution in [3.05, 3.63) is 120 Å². The number of hydrogen-bond acceptors (Lipinski definition) is 6. The summed E-state index contributed by atoms with van der Waals surface area (Å²) in [6, 6.07) is 27.7. The molecule has 53 heavy (non-hydrogen) atoms. The fourth-order valence-corrected chi connectivity index (χ4v) is 8.56. The first-order valence-electron chi connectivity index (χ1n) is 19.1. The average Bonchev–Trinajstić information content (AvgIpc) is 3.18. The number of esters is 1. The summed E-state index contributed by atoms with van der Waals surface area (Å²) in [5.74, 6) is 2.66. The summed E-state index contributed by atoms with van der Waals surface area (Å²) in [6.07, 6.45) is 15.6. The van der Waals surface area contributed by atoms with Crippen molar-refractivity contribution < 1.29 is 9.53 Å². The van der Waals surface area contributed by atoms with Crippen LogP contribution in [0.4, 0.5) is 0 Å². The molecule has 0 aliphatic heterocycles. The van der Waals surface area contributed by atoms with Gasteiger partial charge in [-0.1, -0.05) is 102 Å². The molecule has 0 spiro atoms. The van der Waals surface area contributed by atoms with Gasteiger partial charge in [-0.2, -0.15) is 10.5 Å². The van der Waals surface area contributed by atoms with Crippen LogP contribution in [-0.4, -0.2) is 22.0 Å². The van der Waals surface area contributed by atoms with Crippen molar-refractivity contribution in [2.75, 3.05) is 0 Å². The molecule has 6 rings (SSSR count). The maximum atomic E-state index is 13.7. The van der Waals surface area contributed by atoms with Gasteiger partial charge in [0, 0.05) is 41.1 Å². The van der Waals surface area contributed by atoms with Crippen LogP contribution >= 0.6 is 0 Å². The molecule has 2 aliphatic carbocycles. The van der Waals surface area contributed by atoms with Gasteiger partial charge in [0.25, 0.3) is 0 Å². The van der Waals surface area contributed by atoms with Crippen molar-refractivity contribution in [3.63, 3.8) is 0 Å². The van der Waals surface area contributed by atoms with E-state index in [1.165, 1.54) is 0 Å². The number of nitrogens with zero attached hydrogens (tertiary/aromatic N) is 4. The van der Waals surface area contributed by atoms with Gasteiger partial charge in [-0.3, -0.25) is 14.8 Å². The average molecular weight is 703 g/mol. The molecule has 0 saturated heterocycles. The SMILES string of the molecule is CC1C(OC(=O)C[C@H]2CC[C@H](C)[C@@H](C)[C@@H]2C=Cc2ccc(-c3ccccc3C#N)cn2)C[C@H](C)[C@@H](C)[C@@H]1C=Cc1ccc(-c2ccccc2C#N)cn1. The highest BCUT2D eigenvalue weighted by Crippen LogP contribution is 2.44. The van der Waals surface area contributed by atoms with Crippen molar-refractivity contribution in [2.45, 2.75) is 66.4 Å². The lowest BCUT2D eigenvalue weighted by Gasteiger charge is -2.43. The smallest absolute Gasteiger partial charge is 0.306 e. The van der Waals surface area contributed by atoms with Gasteiger partial charge in [-0.25, -0.2) is 0 Å². The van der Waals surface area contributed by atoms with Gasteiger partial charge in [-0.15, -0.1) is 0 Å². The third-order valence-electron chi connectivity index (χ3n) is 12.3. The van der Waals surface area contributed by atoms with Gasteiger partial charge >= 0.3 is 5.97 Å². The molecule has 2 fully saturated rings. The van der Waals surface area contributed by atoms with Crippen molar-refractivity contribution in [1.82, 2.24) is 9.97 Å². The van der Waals surface area contributed by atoms with Gasteiger partial charge < -0.3 is 4.74 Å². The lowest BCUT2D eigenvalue weighted by Crippen LogP contribution is -2.42. The molecule has 0 amide bonds. The molecule has 2 aromatic heterocycles. The van der Waals surface area contributed by atoms with Crippen LogP contribution in [0.5, 0.6) is 0 Å². The summed E-state index contributed by atoms with van der Waals surface area (Å²) >= 11 is 0. The minimum Gasteiger partial charge on any atom is -0.462 e. The number of allylic oxidation sites excluding steroid dienone is 2. The molecular weight excluding hydrogens is 653 g/mol. The maximum Gasteiger partial charge on any atom is 0.306 e. The molecule has 0 N–H and O–H groups in total. The Morgan fingerprint density at radius 3 is 1.75 bits per heavy atom. The Kier molecular flexibility index (Phi) is 12.0. The van der Waals surface area contributed by atoms with Gasteiger partial charge in [0.15, 0.2) is 0 Å². The van der Waals surface area contributed by atoms with Gasteiger partial charge in [0.2, 0.25) is 0 Å². The molecule has 6 nitrogen and oxygen atoms in total. The van der Waals surface area contributed by atoms with Crippen LogP contribution in [0, 0.1) is 70.0 Å². The van der Waals surface area contributed by atoms with Crippen LogP contribution in [0.3, 0.4) is 0 Å². The molecular formula is C47H50N4O2. The van der Waals surface area contributed by atoms with Gasteiger partial charge in [0.05, 0.1) is 34.7 Å². The molecule has 0 radical (unpaired) electrons. The number of hydrogen-bond donors (Lipinski definition) is 0. The van der Waals surface area contributed by atoms with Crippen molar-refractivity contribution in [3.8, 4) is 34.4 Å². The highest BCUT2D eigenvalue weighted by Gasteiger charge is 2.40. The Hall–Kier alpha value is -5.33. The summed E-state index contributed by atoms with van der Waals surface area (Å²) in [5.41, 5.74) is 6.60. The zero-order valence-corrected chi connectivity index (χ0v) is 31.5. The van der Waals surface area contributed by atoms with Crippen LogP contribution in [-0.2, 0) is 9.53 Å². The van der Waals surface area contributed by atoms with E-state index in [-0.39, 0.29) is 35.7 Å². The molecule has 270 valence electrons. The van der Waals surface area contributed by atoms with Crippen LogP contribution in [0.2, 0.25) is 0 Å². The topological polar surface area (TPSA) is 99.7 Å². The molecule has 2 saturated carbocycles. The fourth-order valence-electron chi connectivity index (χ4n) is 8.56. The predicted molar refractivity (Wildman–Crippen MR) is 211 cm³/mol. The number of nitriles is 2. The van der Waals surface area contributed by atoms with E-state index in [0.717, 1.165) is 52.9 Å². The monoisotopic (exact) mass is 702 g/mol. The lowest BCUT2D eigenvalue weighted by molar-refractivity contribution is -0.158. The summed E-state index contributed by atoms with van der Waals surface area (Å²) in [5, 5.41) is 19.0. The van der Waals surface area contributed by atoms with E-state index in [1.54, 1.807) is 0 Å². The highest BCUT2D eigenvalue weighted by molar-refractivity contribution is 5.72. The second-order valence-corrected chi connectivity index (χ2v) is 15.5. The molecule has 2 aromatic carbocycles. The predicted octanol–water partition coefficient (Wildman–Crippen LogP) is 10.8. The molecule has 9 atom stereocenters. The fraction of sp³-hybridized carbons (Fsp3) is 0.383. The van der Waals surface area contributed by atoms with E-state index in [0.29, 0.717) is 41.2 Å². The van der Waals surface area contributed by atoms with Crippen molar-refractivity contribution in [2.24, 2.45) is 47.3 Å². The van der Waals surface area contributed by atoms with E-state index < -0.39 is 0 Å². The number of pyridine rings is 2. The summed E-state index contributed by atoms with van der Waals surface area (Å²) < 4.78 is 6.37. The van der Waals surface area contributed by atoms with Crippen LogP contribution in [0.25, 0.3) is 34.4 Å². The highest BCUT2D eigenvalue weighted by atomic mass is 16.5. The Bertz CT molecular complexity index is 2020. The van der Waals surface area contributed by atoms with Crippen molar-refractivity contribution in [1.29, 1.82) is 10.5 Å². The van der Waals surface area contributed by atoms with Crippen LogP contribution in [0.1, 0.15) is 82.8 Å². The first-order valence-corrected chi connectivity index (χ1v) is 19.1. The standard InChI is InChI=1S/C47H50N4O2/c1-30-14-15-35(43(32(30)3)23-21-41-19-17-39(29-51-41)45-13-9-7-11-37(45)27-49)25-47(52)53-46-24-31(2)33(4)42(34(46)5)22-20-40-18-16-38(28-50-40)44-12-8-6-10-36(44)26-48/h6-13,16-23,28-35,42-43,46H,14-15,24-25H2,1-5H3/t30-,31-,32+,33+,34?,35+,42-,43-,46?/m0/s1. The first-order chi connectivity index (χ1) is 25.7. The zero-order chi connectivity index (χ0) is 37.5. The van der Waals surface area contributed by atoms with Crippen molar-refractivity contribution >= 4 is 18.1 Å². The van der Waals surface area contributed by atoms with E-state index >= 15 is 0 Å². The molecule has 4 aromatic rings. The minimum absolute atomic E-state index is 0.0926.